The fourth-order valence-electron chi connectivity index (χ4n) is 2.34. The van der Waals surface area contributed by atoms with E-state index in [9.17, 15) is 9.00 Å². The molecule has 3 rings (SSSR count). The number of nitrogens with zero attached hydrogens (tertiary/aromatic N) is 1. The third-order valence-corrected chi connectivity index (χ3v) is 5.86. The first-order valence-corrected chi connectivity index (χ1v) is 10.5. The number of rotatable bonds is 8. The van der Waals surface area contributed by atoms with Gasteiger partial charge in [0.25, 0.3) is 0 Å². The molecule has 0 fully saturated rings. The highest BCUT2D eigenvalue weighted by Crippen LogP contribution is 2.34. The minimum atomic E-state index is -1.73. The van der Waals surface area contributed by atoms with Crippen molar-refractivity contribution in [2.45, 2.75) is 15.0 Å². The maximum Gasteiger partial charge on any atom is 0.335 e. The smallest absolute Gasteiger partial charge is 0.335 e. The first-order chi connectivity index (χ1) is 13.9. The zero-order valence-corrected chi connectivity index (χ0v) is 17.3. The Bertz CT molecular complexity index is 1100. The average molecular weight is 447 g/mol. The van der Waals surface area contributed by atoms with Gasteiger partial charge in [-0.2, -0.15) is 0 Å². The van der Waals surface area contributed by atoms with E-state index >= 15 is 0 Å². The Labute approximate surface area is 178 Å². The van der Waals surface area contributed by atoms with Crippen LogP contribution in [0.15, 0.2) is 75.2 Å². The number of benzene rings is 1. The molecule has 0 aliphatic rings. The second kappa shape index (κ2) is 9.13. The van der Waals surface area contributed by atoms with Crippen LogP contribution in [0.4, 0.5) is 5.69 Å². The monoisotopic (exact) mass is 446 g/mol. The second-order valence-electron chi connectivity index (χ2n) is 5.61. The maximum absolute atomic E-state index is 12.8. The van der Waals surface area contributed by atoms with Gasteiger partial charge in [-0.25, -0.2) is 14.0 Å². The van der Waals surface area contributed by atoms with E-state index in [2.05, 4.69) is 22.9 Å². The normalized spacial score (nSPS) is 11.6. The molecule has 29 heavy (non-hydrogen) atoms. The van der Waals surface area contributed by atoms with E-state index in [4.69, 9.17) is 21.1 Å². The van der Waals surface area contributed by atoms with Crippen molar-refractivity contribution in [2.75, 3.05) is 4.72 Å². The van der Waals surface area contributed by atoms with E-state index in [1.165, 1.54) is 36.2 Å². The minimum absolute atomic E-state index is 0.159. The number of carboxylic acid groups (broad SMARTS) is 1. The summed E-state index contributed by atoms with van der Waals surface area (Å²) in [5.41, 5.74) is 1.25. The van der Waals surface area contributed by atoms with Crippen LogP contribution >= 0.6 is 23.4 Å². The van der Waals surface area contributed by atoms with Crippen LogP contribution < -0.4 is 4.72 Å². The van der Waals surface area contributed by atoms with Gasteiger partial charge in [-0.05, 0) is 30.3 Å². The van der Waals surface area contributed by atoms with Crippen molar-refractivity contribution < 1.29 is 18.5 Å². The van der Waals surface area contributed by atoms with Crippen LogP contribution in [0.25, 0.3) is 12.2 Å². The summed E-state index contributed by atoms with van der Waals surface area (Å²) >= 11 is 7.27. The van der Waals surface area contributed by atoms with E-state index in [0.717, 1.165) is 0 Å². The highest BCUT2D eigenvalue weighted by Gasteiger charge is 2.16. The van der Waals surface area contributed by atoms with Gasteiger partial charge in [-0.3, -0.25) is 4.72 Å². The van der Waals surface area contributed by atoms with E-state index in [1.807, 2.05) is 0 Å². The van der Waals surface area contributed by atoms with Gasteiger partial charge < -0.3 is 9.52 Å². The Kier molecular flexibility index (Phi) is 6.58. The highest BCUT2D eigenvalue weighted by atomic mass is 35.5. The van der Waals surface area contributed by atoms with E-state index in [0.29, 0.717) is 32.0 Å². The molecule has 0 spiro atoms. The Morgan fingerprint density at radius 3 is 2.72 bits per heavy atom. The number of aromatic nitrogens is 1. The number of anilines is 1. The van der Waals surface area contributed by atoms with Crippen molar-refractivity contribution in [3.05, 3.63) is 77.7 Å². The molecule has 0 bridgehead atoms. The quantitative estimate of drug-likeness (QED) is 0.468. The van der Waals surface area contributed by atoms with Crippen LogP contribution in [-0.2, 0) is 11.0 Å². The van der Waals surface area contributed by atoms with Gasteiger partial charge in [0, 0.05) is 22.7 Å². The van der Waals surface area contributed by atoms with Crippen molar-refractivity contribution in [1.82, 2.24) is 4.98 Å². The number of hydrogen-bond acceptors (Lipinski definition) is 5. The van der Waals surface area contributed by atoms with Crippen molar-refractivity contribution in [3.63, 3.8) is 0 Å². The van der Waals surface area contributed by atoms with Crippen LogP contribution in [0.3, 0.4) is 0 Å². The minimum Gasteiger partial charge on any atom is -0.478 e. The predicted octanol–water partition coefficient (Wildman–Crippen LogP) is 5.60. The molecule has 1 aromatic carbocycles. The fourth-order valence-corrected chi connectivity index (χ4v) is 4.30. The summed E-state index contributed by atoms with van der Waals surface area (Å²) in [5, 5.41) is 10.2. The highest BCUT2D eigenvalue weighted by molar-refractivity contribution is 7.99. The van der Waals surface area contributed by atoms with Gasteiger partial charge in [-0.1, -0.05) is 48.7 Å². The lowest BCUT2D eigenvalue weighted by atomic mass is 10.2. The molecule has 2 N–H and O–H groups in total. The molecule has 1 unspecified atom stereocenters. The molecular weight excluding hydrogens is 432 g/mol. The summed E-state index contributed by atoms with van der Waals surface area (Å²) in [6, 6.07) is 9.62. The van der Waals surface area contributed by atoms with Crippen LogP contribution in [0.1, 0.15) is 21.7 Å². The maximum atomic E-state index is 12.8. The van der Waals surface area contributed by atoms with Crippen molar-refractivity contribution in [2.24, 2.45) is 0 Å². The number of aromatic carboxylic acids is 1. The number of carboxylic acids is 1. The van der Waals surface area contributed by atoms with Crippen LogP contribution in [0.5, 0.6) is 0 Å². The molecule has 2 heterocycles. The predicted molar refractivity (Wildman–Crippen MR) is 116 cm³/mol. The third-order valence-electron chi connectivity index (χ3n) is 3.67. The van der Waals surface area contributed by atoms with Crippen molar-refractivity contribution >= 4 is 58.2 Å². The van der Waals surface area contributed by atoms with Crippen LogP contribution in [0, 0.1) is 0 Å². The zero-order chi connectivity index (χ0) is 21.0. The summed E-state index contributed by atoms with van der Waals surface area (Å²) in [5.74, 6) is -0.556. The number of nitrogens with one attached hydrogen (secondary N) is 1. The summed E-state index contributed by atoms with van der Waals surface area (Å²) in [7, 11) is -1.73. The molecule has 9 heteroatoms. The lowest BCUT2D eigenvalue weighted by Crippen LogP contribution is -2.05. The molecular formula is C20H15ClN2O4S2. The number of carbonyl (C=O) groups is 1. The Balaban J connectivity index is 1.89. The number of pyridine rings is 1. The van der Waals surface area contributed by atoms with Gasteiger partial charge >= 0.3 is 5.97 Å². The molecule has 2 aromatic heterocycles. The average Bonchev–Trinajstić information content (AvgIpc) is 3.14. The topological polar surface area (TPSA) is 92.4 Å². The first kappa shape index (κ1) is 20.9. The molecule has 0 saturated heterocycles. The Morgan fingerprint density at radius 2 is 2.07 bits per heavy atom. The molecule has 0 saturated carbocycles. The summed E-state index contributed by atoms with van der Waals surface area (Å²) in [6.07, 6.45) is 4.55. The second-order valence-corrected chi connectivity index (χ2v) is 8.25. The number of furan rings is 1. The lowest BCUT2D eigenvalue weighted by molar-refractivity contribution is 0.0696. The third kappa shape index (κ3) is 4.97. The van der Waals surface area contributed by atoms with Gasteiger partial charge in [0.2, 0.25) is 5.09 Å². The fraction of sp³-hybridized carbons (Fsp3) is 0. The summed E-state index contributed by atoms with van der Waals surface area (Å²) < 4.78 is 21.1. The standard InChI is InChI=1S/C20H15ClN2O4S2/c1-3-12-9-18(27-17(12)4-2)29(26)23-16-10-14(21)11-22-19(16)28-15-7-5-6-13(8-15)20(24)25/h3-11,23H,1-2H2,(H,24,25). The van der Waals surface area contributed by atoms with Gasteiger partial charge in [0.1, 0.15) is 10.8 Å². The first-order valence-electron chi connectivity index (χ1n) is 8.15. The molecule has 6 nitrogen and oxygen atoms in total. The molecule has 0 radical (unpaired) electrons. The molecule has 0 aliphatic carbocycles. The molecule has 0 aliphatic heterocycles. The SMILES string of the molecule is C=Cc1cc(S(=O)Nc2cc(Cl)cnc2Sc2cccc(C(=O)O)c2)oc1C=C. The molecule has 0 amide bonds. The zero-order valence-electron chi connectivity index (χ0n) is 14.9. The van der Waals surface area contributed by atoms with Gasteiger partial charge in [-0.15, -0.1) is 0 Å². The molecule has 1 atom stereocenters. The number of hydrogen-bond donors (Lipinski definition) is 2. The molecule has 148 valence electrons. The van der Waals surface area contributed by atoms with Crippen LogP contribution in [-0.4, -0.2) is 20.3 Å². The lowest BCUT2D eigenvalue weighted by Gasteiger charge is -2.10. The molecule has 3 aromatic rings. The summed E-state index contributed by atoms with van der Waals surface area (Å²) in [4.78, 5) is 16.1. The summed E-state index contributed by atoms with van der Waals surface area (Å²) in [6.45, 7) is 7.34. The van der Waals surface area contributed by atoms with Gasteiger partial charge in [0.15, 0.2) is 11.0 Å². The van der Waals surface area contributed by atoms with Crippen molar-refractivity contribution in [3.8, 4) is 0 Å². The number of halogens is 1. The van der Waals surface area contributed by atoms with E-state index in [-0.39, 0.29) is 10.7 Å². The Hall–Kier alpha value is -2.81. The van der Waals surface area contributed by atoms with Crippen molar-refractivity contribution in [1.29, 1.82) is 0 Å². The van der Waals surface area contributed by atoms with Crippen LogP contribution in [0.2, 0.25) is 5.02 Å². The Morgan fingerprint density at radius 1 is 1.28 bits per heavy atom. The van der Waals surface area contributed by atoms with E-state index in [1.54, 1.807) is 30.3 Å². The van der Waals surface area contributed by atoms with Gasteiger partial charge in [0.05, 0.1) is 16.3 Å². The largest absolute Gasteiger partial charge is 0.478 e. The van der Waals surface area contributed by atoms with E-state index < -0.39 is 17.0 Å².